The number of benzene rings is 1. The van der Waals surface area contributed by atoms with Crippen LogP contribution in [-0.4, -0.2) is 45.9 Å². The first-order chi connectivity index (χ1) is 17.4. The Bertz CT molecular complexity index is 1270. The molecule has 0 spiro atoms. The van der Waals surface area contributed by atoms with Gasteiger partial charge in [-0.25, -0.2) is 15.0 Å². The van der Waals surface area contributed by atoms with Crippen LogP contribution in [0.3, 0.4) is 0 Å². The fourth-order valence-corrected chi connectivity index (χ4v) is 4.25. The van der Waals surface area contributed by atoms with Gasteiger partial charge < -0.3 is 19.6 Å². The lowest BCUT2D eigenvalue weighted by Gasteiger charge is -2.26. The molecule has 0 radical (unpaired) electrons. The molecule has 2 N–H and O–H groups in total. The molecule has 3 heterocycles. The topological polar surface area (TPSA) is 133 Å². The number of aromatic nitrogens is 2. The number of fused-ring (bicyclic) bond motifs is 1. The van der Waals surface area contributed by atoms with Gasteiger partial charge in [-0.3, -0.25) is 9.59 Å². The lowest BCUT2D eigenvalue weighted by Crippen LogP contribution is -2.42. The van der Waals surface area contributed by atoms with Gasteiger partial charge in [0.1, 0.15) is 11.8 Å². The number of pyridine rings is 1. The average Bonchev–Trinajstić information content (AvgIpc) is 3.52. The van der Waals surface area contributed by atoms with Crippen molar-refractivity contribution in [3.8, 4) is 17.2 Å². The summed E-state index contributed by atoms with van der Waals surface area (Å²) >= 11 is 0. The lowest BCUT2D eigenvalue weighted by molar-refractivity contribution is -0.134. The molecule has 0 saturated heterocycles. The molecular formula is C26H31N5O5. The summed E-state index contributed by atoms with van der Waals surface area (Å²) in [5, 5.41) is 6.85. The van der Waals surface area contributed by atoms with E-state index in [1.807, 2.05) is 37.3 Å². The van der Waals surface area contributed by atoms with Crippen LogP contribution in [0, 0.1) is 0 Å². The molecule has 0 fully saturated rings. The molecule has 36 heavy (non-hydrogen) atoms. The summed E-state index contributed by atoms with van der Waals surface area (Å²) in [5.41, 5.74) is 7.05. The number of para-hydroxylation sites is 1. The number of ketones is 1. The number of hydrogen-bond donors (Lipinski definition) is 1. The number of unbranched alkanes of at least 4 members (excludes halogenated alkanes) is 2. The standard InChI is InChI=1S/C26H31N5O5/c1-4-18(32)11-6-5-7-13-21(31-26(23(27)33)35-16(2)30-31)25-28-15-22(36-25)19-14-17-10-8-9-12-20(17)29-24(19)34-3/h8-10,12,14-15,21,26H,4-7,11,13H2,1-3H3,(H2,27,33)/t21?,26-/m0/s1. The Morgan fingerprint density at radius 3 is 2.78 bits per heavy atom. The number of rotatable bonds is 12. The molecular weight excluding hydrogens is 462 g/mol. The minimum Gasteiger partial charge on any atom is -0.480 e. The average molecular weight is 494 g/mol. The van der Waals surface area contributed by atoms with E-state index in [1.54, 1.807) is 20.2 Å². The SMILES string of the molecule is CCC(=O)CCCCCC(c1ncc(-c2cc3ccccc3nc2OC)o1)N1N=C(C)O[C@H]1C(N)=O. The van der Waals surface area contributed by atoms with Gasteiger partial charge in [-0.15, -0.1) is 5.10 Å². The normalized spacial score (nSPS) is 16.0. The number of ether oxygens (including phenoxy) is 2. The van der Waals surface area contributed by atoms with E-state index in [-0.39, 0.29) is 5.78 Å². The van der Waals surface area contributed by atoms with E-state index < -0.39 is 18.2 Å². The Balaban J connectivity index is 1.62. The van der Waals surface area contributed by atoms with Crippen molar-refractivity contribution < 1.29 is 23.5 Å². The monoisotopic (exact) mass is 493 g/mol. The van der Waals surface area contributed by atoms with Crippen LogP contribution >= 0.6 is 0 Å². The van der Waals surface area contributed by atoms with Crippen LogP contribution in [0.1, 0.15) is 64.3 Å². The van der Waals surface area contributed by atoms with Gasteiger partial charge in [0.15, 0.2) is 5.76 Å². The van der Waals surface area contributed by atoms with Gasteiger partial charge in [-0.05, 0) is 25.0 Å². The second-order valence-electron chi connectivity index (χ2n) is 8.68. The summed E-state index contributed by atoms with van der Waals surface area (Å²) in [7, 11) is 1.56. The maximum atomic E-state index is 12.1. The van der Waals surface area contributed by atoms with Crippen LogP contribution in [0.5, 0.6) is 5.88 Å². The summed E-state index contributed by atoms with van der Waals surface area (Å²) in [6.45, 7) is 3.53. The summed E-state index contributed by atoms with van der Waals surface area (Å²) in [6, 6.07) is 9.18. The molecule has 1 aliphatic heterocycles. The number of methoxy groups -OCH3 is 1. The first-order valence-corrected chi connectivity index (χ1v) is 12.1. The van der Waals surface area contributed by atoms with Gasteiger partial charge in [0.05, 0.1) is 24.4 Å². The molecule has 0 bridgehead atoms. The van der Waals surface area contributed by atoms with Crippen molar-refractivity contribution in [1.82, 2.24) is 15.0 Å². The van der Waals surface area contributed by atoms with Crippen molar-refractivity contribution in [1.29, 1.82) is 0 Å². The highest BCUT2D eigenvalue weighted by Gasteiger charge is 2.38. The van der Waals surface area contributed by atoms with Crippen LogP contribution in [-0.2, 0) is 14.3 Å². The molecule has 0 aliphatic carbocycles. The highest BCUT2D eigenvalue weighted by Crippen LogP contribution is 2.36. The Kier molecular flexibility index (Phi) is 7.82. The van der Waals surface area contributed by atoms with E-state index in [9.17, 15) is 9.59 Å². The third-order valence-corrected chi connectivity index (χ3v) is 6.13. The van der Waals surface area contributed by atoms with Gasteiger partial charge in [0.25, 0.3) is 12.1 Å². The quantitative estimate of drug-likeness (QED) is 0.368. The highest BCUT2D eigenvalue weighted by atomic mass is 16.5. The van der Waals surface area contributed by atoms with Gasteiger partial charge in [-0.2, -0.15) is 0 Å². The van der Waals surface area contributed by atoms with E-state index in [2.05, 4.69) is 15.1 Å². The molecule has 0 saturated carbocycles. The van der Waals surface area contributed by atoms with Crippen LogP contribution in [0.4, 0.5) is 0 Å². The van der Waals surface area contributed by atoms with Gasteiger partial charge >= 0.3 is 0 Å². The number of amides is 1. The number of carbonyl (C=O) groups excluding carboxylic acids is 2. The maximum absolute atomic E-state index is 12.1. The largest absolute Gasteiger partial charge is 0.480 e. The molecule has 2 aromatic heterocycles. The third kappa shape index (κ3) is 5.48. The minimum absolute atomic E-state index is 0.254. The molecule has 1 unspecified atom stereocenters. The Morgan fingerprint density at radius 1 is 1.22 bits per heavy atom. The smallest absolute Gasteiger partial charge is 0.281 e. The van der Waals surface area contributed by atoms with Gasteiger partial charge in [-0.1, -0.05) is 38.0 Å². The number of primary amides is 1. The van der Waals surface area contributed by atoms with E-state index in [0.29, 0.717) is 48.3 Å². The second-order valence-corrected chi connectivity index (χ2v) is 8.68. The van der Waals surface area contributed by atoms with Crippen molar-refractivity contribution in [3.63, 3.8) is 0 Å². The molecule has 1 amide bonds. The number of nitrogens with zero attached hydrogens (tertiary/aromatic N) is 4. The predicted molar refractivity (Wildman–Crippen MR) is 134 cm³/mol. The maximum Gasteiger partial charge on any atom is 0.281 e. The predicted octanol–water partition coefficient (Wildman–Crippen LogP) is 4.35. The number of hydrazone groups is 1. The number of carbonyl (C=O) groups is 2. The van der Waals surface area contributed by atoms with E-state index >= 15 is 0 Å². The number of Topliss-reactive ketones (excluding diaryl/α,β-unsaturated/α-hetero) is 1. The summed E-state index contributed by atoms with van der Waals surface area (Å²) < 4.78 is 17.3. The lowest BCUT2D eigenvalue weighted by atomic mass is 10.0. The Labute approximate surface area is 209 Å². The molecule has 10 heteroatoms. The zero-order valence-electron chi connectivity index (χ0n) is 20.8. The van der Waals surface area contributed by atoms with Crippen LogP contribution in [0.2, 0.25) is 0 Å². The van der Waals surface area contributed by atoms with E-state index in [4.69, 9.17) is 19.6 Å². The summed E-state index contributed by atoms with van der Waals surface area (Å²) in [5.74, 6) is 1.21. The van der Waals surface area contributed by atoms with Crippen LogP contribution in [0.25, 0.3) is 22.2 Å². The molecule has 4 rings (SSSR count). The molecule has 10 nitrogen and oxygen atoms in total. The van der Waals surface area contributed by atoms with Crippen LogP contribution in [0.15, 0.2) is 46.0 Å². The molecule has 2 atom stereocenters. The fraction of sp³-hybridized carbons (Fsp3) is 0.423. The van der Waals surface area contributed by atoms with E-state index in [1.165, 1.54) is 5.01 Å². The first kappa shape index (κ1) is 25.2. The van der Waals surface area contributed by atoms with E-state index in [0.717, 1.165) is 30.2 Å². The fourth-order valence-electron chi connectivity index (χ4n) is 4.25. The first-order valence-electron chi connectivity index (χ1n) is 12.1. The summed E-state index contributed by atoms with van der Waals surface area (Å²) in [4.78, 5) is 32.8. The van der Waals surface area contributed by atoms with Crippen molar-refractivity contribution >= 4 is 28.5 Å². The third-order valence-electron chi connectivity index (χ3n) is 6.13. The zero-order chi connectivity index (χ0) is 25.7. The Hall–Kier alpha value is -3.95. The molecule has 3 aromatic rings. The van der Waals surface area contributed by atoms with Gasteiger partial charge in [0.2, 0.25) is 17.7 Å². The number of hydrogen-bond acceptors (Lipinski definition) is 9. The van der Waals surface area contributed by atoms with Gasteiger partial charge in [0, 0.05) is 25.2 Å². The van der Waals surface area contributed by atoms with Crippen molar-refractivity contribution in [2.45, 2.75) is 64.6 Å². The molecule has 1 aromatic carbocycles. The minimum atomic E-state index is -1.05. The zero-order valence-corrected chi connectivity index (χ0v) is 20.8. The van der Waals surface area contributed by atoms with Crippen LogP contribution < -0.4 is 10.5 Å². The number of nitrogens with two attached hydrogens (primary N) is 1. The van der Waals surface area contributed by atoms with Crippen molar-refractivity contribution in [3.05, 3.63) is 42.4 Å². The second kappa shape index (κ2) is 11.2. The van der Waals surface area contributed by atoms with Crippen molar-refractivity contribution in [2.75, 3.05) is 7.11 Å². The molecule has 1 aliphatic rings. The Morgan fingerprint density at radius 2 is 2.03 bits per heavy atom. The molecule has 190 valence electrons. The van der Waals surface area contributed by atoms with Crippen molar-refractivity contribution in [2.24, 2.45) is 10.8 Å². The number of oxazole rings is 1. The highest BCUT2D eigenvalue weighted by molar-refractivity contribution is 5.86. The summed E-state index contributed by atoms with van der Waals surface area (Å²) in [6.07, 6.45) is 4.67.